The summed E-state index contributed by atoms with van der Waals surface area (Å²) in [4.78, 5) is 13.8. The Morgan fingerprint density at radius 1 is 1.40 bits per heavy atom. The predicted molar refractivity (Wildman–Crippen MR) is 79.3 cm³/mol. The molecular weight excluding hydrogens is 252 g/mol. The number of hydrogen-bond donors (Lipinski definition) is 1. The summed E-state index contributed by atoms with van der Waals surface area (Å²) in [5.74, 6) is 0.736. The summed E-state index contributed by atoms with van der Waals surface area (Å²) in [5.41, 5.74) is 7.07. The van der Waals surface area contributed by atoms with Crippen LogP contribution in [0.2, 0.25) is 0 Å². The van der Waals surface area contributed by atoms with Crippen LogP contribution in [0.25, 0.3) is 0 Å². The van der Waals surface area contributed by atoms with Gasteiger partial charge in [0, 0.05) is 20.2 Å². The number of amides is 1. The van der Waals surface area contributed by atoms with Crippen LogP contribution in [0.3, 0.4) is 0 Å². The zero-order valence-corrected chi connectivity index (χ0v) is 12.1. The molecule has 1 amide bonds. The van der Waals surface area contributed by atoms with Gasteiger partial charge in [0.25, 0.3) is 0 Å². The predicted octanol–water partition coefficient (Wildman–Crippen LogP) is 1.44. The fourth-order valence-electron chi connectivity index (χ4n) is 2.08. The van der Waals surface area contributed by atoms with Crippen LogP contribution in [-0.4, -0.2) is 43.7 Å². The van der Waals surface area contributed by atoms with Crippen molar-refractivity contribution < 1.29 is 9.53 Å². The smallest absolute Gasteiger partial charge is 0.239 e. The Balaban J connectivity index is 1.68. The van der Waals surface area contributed by atoms with E-state index in [-0.39, 0.29) is 5.91 Å². The molecule has 0 heterocycles. The zero-order valence-electron chi connectivity index (χ0n) is 12.1. The van der Waals surface area contributed by atoms with Gasteiger partial charge in [-0.2, -0.15) is 0 Å². The third-order valence-electron chi connectivity index (χ3n) is 3.61. The summed E-state index contributed by atoms with van der Waals surface area (Å²) >= 11 is 0. The van der Waals surface area contributed by atoms with Crippen molar-refractivity contribution in [3.63, 3.8) is 0 Å². The Bertz CT molecular complexity index is 418. The molecule has 0 aliphatic heterocycles. The Hall–Kier alpha value is -1.39. The van der Waals surface area contributed by atoms with Crippen LogP contribution in [0.1, 0.15) is 18.4 Å². The van der Waals surface area contributed by atoms with Crippen molar-refractivity contribution >= 4 is 5.91 Å². The summed E-state index contributed by atoms with van der Waals surface area (Å²) in [6, 6.07) is 9.38. The second kappa shape index (κ2) is 7.41. The monoisotopic (exact) mass is 276 g/mol. The molecule has 1 aliphatic rings. The van der Waals surface area contributed by atoms with E-state index in [1.54, 1.807) is 11.9 Å². The van der Waals surface area contributed by atoms with Gasteiger partial charge in [0.15, 0.2) is 0 Å². The molecule has 1 fully saturated rings. The standard InChI is InChI=1S/C16H24N2O2/c1-18(9-10-20-12-14-7-8-14)16(19)15(17)11-13-5-3-2-4-6-13/h2-6,14-15H,7-12,17H2,1H3/t15-/m0/s1. The van der Waals surface area contributed by atoms with E-state index in [2.05, 4.69) is 0 Å². The molecule has 20 heavy (non-hydrogen) atoms. The highest BCUT2D eigenvalue weighted by molar-refractivity contribution is 5.81. The summed E-state index contributed by atoms with van der Waals surface area (Å²) < 4.78 is 5.54. The van der Waals surface area contributed by atoms with E-state index >= 15 is 0 Å². The summed E-state index contributed by atoms with van der Waals surface area (Å²) in [6.07, 6.45) is 3.15. The van der Waals surface area contributed by atoms with Gasteiger partial charge in [0.05, 0.1) is 12.6 Å². The van der Waals surface area contributed by atoms with E-state index in [1.165, 1.54) is 12.8 Å². The lowest BCUT2D eigenvalue weighted by Gasteiger charge is -2.21. The maximum Gasteiger partial charge on any atom is 0.239 e. The third kappa shape index (κ3) is 4.94. The number of ether oxygens (including phenoxy) is 1. The maximum atomic E-state index is 12.1. The van der Waals surface area contributed by atoms with Crippen molar-refractivity contribution in [2.24, 2.45) is 11.7 Å². The molecule has 0 bridgehead atoms. The first-order valence-electron chi connectivity index (χ1n) is 7.29. The van der Waals surface area contributed by atoms with E-state index in [0.29, 0.717) is 19.6 Å². The third-order valence-corrected chi connectivity index (χ3v) is 3.61. The zero-order chi connectivity index (χ0) is 14.4. The second-order valence-corrected chi connectivity index (χ2v) is 5.57. The first kappa shape index (κ1) is 15.0. The molecule has 4 heteroatoms. The summed E-state index contributed by atoms with van der Waals surface area (Å²) in [5, 5.41) is 0. The fourth-order valence-corrected chi connectivity index (χ4v) is 2.08. The van der Waals surface area contributed by atoms with Crippen LogP contribution in [-0.2, 0) is 16.0 Å². The van der Waals surface area contributed by atoms with E-state index in [9.17, 15) is 4.79 Å². The number of nitrogens with two attached hydrogens (primary N) is 1. The van der Waals surface area contributed by atoms with Crippen LogP contribution in [0.5, 0.6) is 0 Å². The molecule has 110 valence electrons. The molecule has 1 saturated carbocycles. The van der Waals surface area contributed by atoms with Crippen molar-refractivity contribution in [3.05, 3.63) is 35.9 Å². The Morgan fingerprint density at radius 2 is 2.10 bits per heavy atom. The molecule has 1 aromatic carbocycles. The van der Waals surface area contributed by atoms with Gasteiger partial charge in [-0.3, -0.25) is 4.79 Å². The van der Waals surface area contributed by atoms with Crippen molar-refractivity contribution in [2.45, 2.75) is 25.3 Å². The lowest BCUT2D eigenvalue weighted by molar-refractivity contribution is -0.131. The molecule has 0 unspecified atom stereocenters. The number of likely N-dealkylation sites (N-methyl/N-ethyl adjacent to an activating group) is 1. The second-order valence-electron chi connectivity index (χ2n) is 5.57. The lowest BCUT2D eigenvalue weighted by atomic mass is 10.1. The van der Waals surface area contributed by atoms with Gasteiger partial charge < -0.3 is 15.4 Å². The molecule has 4 nitrogen and oxygen atoms in total. The van der Waals surface area contributed by atoms with Gasteiger partial charge in [-0.15, -0.1) is 0 Å². The van der Waals surface area contributed by atoms with Gasteiger partial charge in [0.1, 0.15) is 0 Å². The van der Waals surface area contributed by atoms with E-state index in [1.807, 2.05) is 30.3 Å². The molecule has 2 rings (SSSR count). The molecule has 0 saturated heterocycles. The summed E-state index contributed by atoms with van der Waals surface area (Å²) in [6.45, 7) is 2.03. The number of hydrogen-bond acceptors (Lipinski definition) is 3. The highest BCUT2D eigenvalue weighted by Gasteiger charge is 2.22. The molecule has 1 aromatic rings. The minimum absolute atomic E-state index is 0.0242. The number of benzene rings is 1. The van der Waals surface area contributed by atoms with Crippen LogP contribution in [0.15, 0.2) is 30.3 Å². The number of nitrogens with zero attached hydrogens (tertiary/aromatic N) is 1. The van der Waals surface area contributed by atoms with Gasteiger partial charge in [-0.25, -0.2) is 0 Å². The lowest BCUT2D eigenvalue weighted by Crippen LogP contribution is -2.44. The number of carbonyl (C=O) groups excluding carboxylic acids is 1. The highest BCUT2D eigenvalue weighted by Crippen LogP contribution is 2.28. The first-order valence-corrected chi connectivity index (χ1v) is 7.29. The minimum Gasteiger partial charge on any atom is -0.379 e. The van der Waals surface area contributed by atoms with Gasteiger partial charge in [-0.05, 0) is 30.7 Å². The Labute approximate surface area is 120 Å². The quantitative estimate of drug-likeness (QED) is 0.731. The first-order chi connectivity index (χ1) is 9.66. The topological polar surface area (TPSA) is 55.6 Å². The average molecular weight is 276 g/mol. The molecule has 1 aliphatic carbocycles. The Morgan fingerprint density at radius 3 is 2.75 bits per heavy atom. The number of carbonyl (C=O) groups is 1. The van der Waals surface area contributed by atoms with Gasteiger partial charge in [0.2, 0.25) is 5.91 Å². The van der Waals surface area contributed by atoms with E-state index in [4.69, 9.17) is 10.5 Å². The van der Waals surface area contributed by atoms with E-state index < -0.39 is 6.04 Å². The molecule has 0 aromatic heterocycles. The van der Waals surface area contributed by atoms with Crippen LogP contribution in [0, 0.1) is 5.92 Å². The Kier molecular flexibility index (Phi) is 5.56. The SMILES string of the molecule is CN(CCOCC1CC1)C(=O)[C@@H](N)Cc1ccccc1. The van der Waals surface area contributed by atoms with Crippen molar-refractivity contribution in [2.75, 3.05) is 26.8 Å². The molecular formula is C16H24N2O2. The molecule has 2 N–H and O–H groups in total. The van der Waals surface area contributed by atoms with Crippen molar-refractivity contribution in [3.8, 4) is 0 Å². The van der Waals surface area contributed by atoms with Gasteiger partial charge >= 0.3 is 0 Å². The normalized spacial score (nSPS) is 15.9. The largest absolute Gasteiger partial charge is 0.379 e. The highest BCUT2D eigenvalue weighted by atomic mass is 16.5. The number of rotatable bonds is 8. The van der Waals surface area contributed by atoms with Crippen molar-refractivity contribution in [1.82, 2.24) is 4.90 Å². The minimum atomic E-state index is -0.481. The van der Waals surface area contributed by atoms with Crippen LogP contribution in [0.4, 0.5) is 0 Å². The maximum absolute atomic E-state index is 12.1. The van der Waals surface area contributed by atoms with Crippen LogP contribution >= 0.6 is 0 Å². The van der Waals surface area contributed by atoms with E-state index in [0.717, 1.165) is 18.1 Å². The average Bonchev–Trinajstić information content (AvgIpc) is 3.27. The summed E-state index contributed by atoms with van der Waals surface area (Å²) in [7, 11) is 1.79. The molecule has 0 spiro atoms. The van der Waals surface area contributed by atoms with Crippen molar-refractivity contribution in [1.29, 1.82) is 0 Å². The fraction of sp³-hybridized carbons (Fsp3) is 0.562. The van der Waals surface area contributed by atoms with Gasteiger partial charge in [-0.1, -0.05) is 30.3 Å². The van der Waals surface area contributed by atoms with Crippen LogP contribution < -0.4 is 5.73 Å². The molecule has 0 radical (unpaired) electrons. The molecule has 1 atom stereocenters.